The third-order valence-corrected chi connectivity index (χ3v) is 5.33. The number of benzene rings is 1. The molecule has 5 nitrogen and oxygen atoms in total. The van der Waals surface area contributed by atoms with Crippen LogP contribution < -0.4 is 10.9 Å². The summed E-state index contributed by atoms with van der Waals surface area (Å²) in [4.78, 5) is 28.2. The Morgan fingerprint density at radius 2 is 2.00 bits per heavy atom. The lowest BCUT2D eigenvalue weighted by molar-refractivity contribution is 0.0952. The fraction of sp³-hybridized carbons (Fsp3) is 0.364. The summed E-state index contributed by atoms with van der Waals surface area (Å²) in [6, 6.07) is 7.84. The number of amides is 1. The molecule has 0 radical (unpaired) electrons. The first-order valence-electron chi connectivity index (χ1n) is 9.72. The highest BCUT2D eigenvalue weighted by atomic mass is 79.9. The van der Waals surface area contributed by atoms with E-state index in [1.54, 1.807) is 0 Å². The van der Waals surface area contributed by atoms with Crippen molar-refractivity contribution in [2.24, 2.45) is 0 Å². The summed E-state index contributed by atoms with van der Waals surface area (Å²) < 4.78 is 3.02. The minimum atomic E-state index is -0.178. The van der Waals surface area contributed by atoms with E-state index in [9.17, 15) is 9.59 Å². The van der Waals surface area contributed by atoms with E-state index >= 15 is 0 Å². The Labute approximate surface area is 173 Å². The first-order valence-corrected chi connectivity index (χ1v) is 10.5. The maximum Gasteiger partial charge on any atom is 0.253 e. The van der Waals surface area contributed by atoms with Gasteiger partial charge in [0.2, 0.25) is 0 Å². The number of H-pyrrole nitrogens is 1. The van der Waals surface area contributed by atoms with Crippen molar-refractivity contribution >= 4 is 32.7 Å². The zero-order valence-corrected chi connectivity index (χ0v) is 18.1. The maximum absolute atomic E-state index is 12.9. The summed E-state index contributed by atoms with van der Waals surface area (Å²) in [7, 11) is 0. The monoisotopic (exact) mass is 443 g/mol. The van der Waals surface area contributed by atoms with Crippen LogP contribution in [-0.2, 0) is 19.5 Å². The summed E-state index contributed by atoms with van der Waals surface area (Å²) in [6.45, 7) is 7.21. The number of aryl methyl sites for hydroxylation is 3. The standard InChI is InChI=1S/C22H26BrN3O2/c1-4-6-15-10-14(3)25-22(28)19(15)13-24-21(27)18-11-16(23)12-20-17(18)7-9-26(20)8-5-2/h7,9-12H,4-6,8,13H2,1-3H3,(H,24,27)(H,25,28). The third-order valence-electron chi connectivity index (χ3n) is 4.87. The molecule has 28 heavy (non-hydrogen) atoms. The molecule has 148 valence electrons. The molecule has 0 fully saturated rings. The predicted molar refractivity (Wildman–Crippen MR) is 117 cm³/mol. The number of nitrogens with zero attached hydrogens (tertiary/aromatic N) is 1. The normalized spacial score (nSPS) is 11.1. The number of carbonyl (C=O) groups excluding carboxylic acids is 1. The molecule has 1 aromatic carbocycles. The number of nitrogens with one attached hydrogen (secondary N) is 2. The van der Waals surface area contributed by atoms with Crippen LogP contribution in [0.3, 0.4) is 0 Å². The summed E-state index contributed by atoms with van der Waals surface area (Å²) in [5, 5.41) is 3.86. The van der Waals surface area contributed by atoms with E-state index in [0.717, 1.165) is 52.4 Å². The number of fused-ring (bicyclic) bond motifs is 1. The lowest BCUT2D eigenvalue weighted by Crippen LogP contribution is -2.28. The van der Waals surface area contributed by atoms with Gasteiger partial charge in [0.15, 0.2) is 0 Å². The van der Waals surface area contributed by atoms with Gasteiger partial charge in [-0.1, -0.05) is 36.2 Å². The molecule has 0 saturated heterocycles. The summed E-state index contributed by atoms with van der Waals surface area (Å²) in [6.07, 6.45) is 4.80. The topological polar surface area (TPSA) is 66.9 Å². The van der Waals surface area contributed by atoms with Crippen LogP contribution >= 0.6 is 15.9 Å². The Kier molecular flexibility index (Phi) is 6.39. The molecule has 0 saturated carbocycles. The van der Waals surface area contributed by atoms with Crippen molar-refractivity contribution in [2.75, 3.05) is 0 Å². The lowest BCUT2D eigenvalue weighted by Gasteiger charge is -2.12. The Bertz CT molecular complexity index is 1070. The van der Waals surface area contributed by atoms with Crippen molar-refractivity contribution in [1.82, 2.24) is 14.9 Å². The Hall–Kier alpha value is -2.34. The van der Waals surface area contributed by atoms with Gasteiger partial charge in [-0.05, 0) is 49.6 Å². The van der Waals surface area contributed by atoms with Crippen LogP contribution in [0.5, 0.6) is 0 Å². The van der Waals surface area contributed by atoms with Crippen molar-refractivity contribution < 1.29 is 4.79 Å². The predicted octanol–water partition coefficient (Wildman–Crippen LogP) is 4.69. The first-order chi connectivity index (χ1) is 13.4. The van der Waals surface area contributed by atoms with Gasteiger partial charge in [-0.3, -0.25) is 9.59 Å². The largest absolute Gasteiger partial charge is 0.348 e. The Balaban J connectivity index is 1.90. The van der Waals surface area contributed by atoms with Crippen LogP contribution in [0.2, 0.25) is 0 Å². The molecule has 2 N–H and O–H groups in total. The second kappa shape index (κ2) is 8.78. The zero-order chi connectivity index (χ0) is 20.3. The molecule has 2 aromatic heterocycles. The second-order valence-corrected chi connectivity index (χ2v) is 8.03. The van der Waals surface area contributed by atoms with E-state index in [-0.39, 0.29) is 18.0 Å². The van der Waals surface area contributed by atoms with Crippen LogP contribution in [0.4, 0.5) is 0 Å². The van der Waals surface area contributed by atoms with E-state index in [2.05, 4.69) is 44.6 Å². The van der Waals surface area contributed by atoms with Crippen LogP contribution in [0.25, 0.3) is 10.9 Å². The quantitative estimate of drug-likeness (QED) is 0.555. The van der Waals surface area contributed by atoms with Crippen LogP contribution in [0.1, 0.15) is 53.9 Å². The van der Waals surface area contributed by atoms with Gasteiger partial charge in [0, 0.05) is 51.5 Å². The van der Waals surface area contributed by atoms with Crippen LogP contribution in [-0.4, -0.2) is 15.5 Å². The highest BCUT2D eigenvalue weighted by molar-refractivity contribution is 9.10. The van der Waals surface area contributed by atoms with E-state index < -0.39 is 0 Å². The molecule has 1 amide bonds. The molecule has 0 unspecified atom stereocenters. The molecule has 0 spiro atoms. The molecular weight excluding hydrogens is 418 g/mol. The van der Waals surface area contributed by atoms with E-state index in [4.69, 9.17) is 0 Å². The van der Waals surface area contributed by atoms with E-state index in [1.165, 1.54) is 0 Å². The van der Waals surface area contributed by atoms with Gasteiger partial charge in [0.05, 0.1) is 0 Å². The lowest BCUT2D eigenvalue weighted by atomic mass is 10.0. The number of rotatable bonds is 7. The van der Waals surface area contributed by atoms with Gasteiger partial charge in [0.25, 0.3) is 11.5 Å². The first kappa shape index (κ1) is 20.4. The smallest absolute Gasteiger partial charge is 0.253 e. The third kappa shape index (κ3) is 4.22. The Morgan fingerprint density at radius 3 is 2.71 bits per heavy atom. The van der Waals surface area contributed by atoms with Crippen LogP contribution in [0, 0.1) is 6.92 Å². The SMILES string of the molecule is CCCc1cc(C)[nH]c(=O)c1CNC(=O)c1cc(Br)cc2c1ccn2CCC. The highest BCUT2D eigenvalue weighted by Crippen LogP contribution is 2.26. The number of pyridine rings is 1. The fourth-order valence-corrected chi connectivity index (χ4v) is 4.07. The zero-order valence-electron chi connectivity index (χ0n) is 16.6. The van der Waals surface area contributed by atoms with E-state index in [1.807, 2.05) is 37.4 Å². The molecular formula is C22H26BrN3O2. The molecule has 3 aromatic rings. The van der Waals surface area contributed by atoms with Crippen molar-refractivity contribution in [3.05, 3.63) is 67.7 Å². The van der Waals surface area contributed by atoms with Gasteiger partial charge in [0.1, 0.15) is 0 Å². The highest BCUT2D eigenvalue weighted by Gasteiger charge is 2.15. The number of hydrogen-bond donors (Lipinski definition) is 2. The molecule has 0 aliphatic carbocycles. The van der Waals surface area contributed by atoms with Crippen molar-refractivity contribution in [1.29, 1.82) is 0 Å². The van der Waals surface area contributed by atoms with Crippen LogP contribution in [0.15, 0.2) is 39.7 Å². The Morgan fingerprint density at radius 1 is 1.21 bits per heavy atom. The molecule has 2 heterocycles. The fourth-order valence-electron chi connectivity index (χ4n) is 3.62. The molecule has 6 heteroatoms. The summed E-state index contributed by atoms with van der Waals surface area (Å²) in [5.74, 6) is -0.178. The van der Waals surface area contributed by atoms with Gasteiger partial charge < -0.3 is 14.9 Å². The van der Waals surface area contributed by atoms with Gasteiger partial charge >= 0.3 is 0 Å². The van der Waals surface area contributed by atoms with Gasteiger partial charge in [-0.2, -0.15) is 0 Å². The van der Waals surface area contributed by atoms with E-state index in [0.29, 0.717) is 11.1 Å². The number of hydrogen-bond acceptors (Lipinski definition) is 2. The minimum absolute atomic E-state index is 0.128. The van der Waals surface area contributed by atoms with Crippen molar-refractivity contribution in [2.45, 2.75) is 53.1 Å². The second-order valence-electron chi connectivity index (χ2n) is 7.11. The van der Waals surface area contributed by atoms with Crippen molar-refractivity contribution in [3.63, 3.8) is 0 Å². The average molecular weight is 444 g/mol. The maximum atomic E-state index is 12.9. The average Bonchev–Trinajstić information content (AvgIpc) is 3.03. The summed E-state index contributed by atoms with van der Waals surface area (Å²) >= 11 is 3.52. The molecule has 3 rings (SSSR count). The van der Waals surface area contributed by atoms with Crippen molar-refractivity contribution in [3.8, 4) is 0 Å². The van der Waals surface area contributed by atoms with Gasteiger partial charge in [-0.15, -0.1) is 0 Å². The summed E-state index contributed by atoms with van der Waals surface area (Å²) in [5.41, 5.74) is 3.99. The molecule has 0 aliphatic rings. The molecule has 0 bridgehead atoms. The molecule has 0 atom stereocenters. The minimum Gasteiger partial charge on any atom is -0.348 e. The number of aromatic nitrogens is 2. The van der Waals surface area contributed by atoms with Gasteiger partial charge in [-0.25, -0.2) is 0 Å². The number of aromatic amines is 1. The number of halogens is 1. The number of carbonyl (C=O) groups is 1. The molecule has 0 aliphatic heterocycles.